The van der Waals surface area contributed by atoms with Crippen LogP contribution < -0.4 is 0 Å². The molecular formula is C17H24N4O. The van der Waals surface area contributed by atoms with Gasteiger partial charge in [-0.2, -0.15) is 5.10 Å². The molecule has 0 fully saturated rings. The van der Waals surface area contributed by atoms with Gasteiger partial charge >= 0.3 is 0 Å². The molecule has 2 rings (SSSR count). The zero-order valence-electron chi connectivity index (χ0n) is 13.8. The van der Waals surface area contributed by atoms with E-state index in [1.54, 1.807) is 18.1 Å². The SMILES string of the molecule is CCCn1ncc(C(=O)N(C)Cc2ccc(CC)cn2)c1C. The van der Waals surface area contributed by atoms with Gasteiger partial charge in [0.2, 0.25) is 0 Å². The minimum absolute atomic E-state index is 0.0128. The summed E-state index contributed by atoms with van der Waals surface area (Å²) < 4.78 is 1.88. The molecule has 0 bridgehead atoms. The Hall–Kier alpha value is -2.17. The predicted molar refractivity (Wildman–Crippen MR) is 86.7 cm³/mol. The second-order valence-electron chi connectivity index (χ2n) is 5.54. The molecule has 0 aliphatic rings. The molecule has 0 saturated heterocycles. The number of carbonyl (C=O) groups excluding carboxylic acids is 1. The number of nitrogens with zero attached hydrogens (tertiary/aromatic N) is 4. The molecule has 0 aromatic carbocycles. The summed E-state index contributed by atoms with van der Waals surface area (Å²) in [5.41, 5.74) is 3.69. The fourth-order valence-electron chi connectivity index (χ4n) is 2.37. The number of carbonyl (C=O) groups is 1. The van der Waals surface area contributed by atoms with Gasteiger partial charge in [0.05, 0.1) is 24.0 Å². The highest BCUT2D eigenvalue weighted by Crippen LogP contribution is 2.12. The van der Waals surface area contributed by atoms with Crippen LogP contribution in [0, 0.1) is 6.92 Å². The van der Waals surface area contributed by atoms with Crippen molar-refractivity contribution in [1.82, 2.24) is 19.7 Å². The Morgan fingerprint density at radius 2 is 2.05 bits per heavy atom. The van der Waals surface area contributed by atoms with Gasteiger partial charge in [0.15, 0.2) is 0 Å². The van der Waals surface area contributed by atoms with Gasteiger partial charge in [0.1, 0.15) is 0 Å². The van der Waals surface area contributed by atoms with E-state index in [1.165, 1.54) is 5.56 Å². The maximum atomic E-state index is 12.6. The van der Waals surface area contributed by atoms with E-state index in [0.717, 1.165) is 30.8 Å². The highest BCUT2D eigenvalue weighted by Gasteiger charge is 2.18. The molecule has 0 aliphatic carbocycles. The fourth-order valence-corrected chi connectivity index (χ4v) is 2.37. The van der Waals surface area contributed by atoms with Gasteiger partial charge in [-0.25, -0.2) is 0 Å². The molecule has 0 aliphatic heterocycles. The third-order valence-corrected chi connectivity index (χ3v) is 3.81. The molecular weight excluding hydrogens is 276 g/mol. The first-order chi connectivity index (χ1) is 10.6. The number of amides is 1. The van der Waals surface area contributed by atoms with Crippen molar-refractivity contribution in [2.75, 3.05) is 7.05 Å². The maximum absolute atomic E-state index is 12.6. The van der Waals surface area contributed by atoms with Crippen molar-refractivity contribution in [3.63, 3.8) is 0 Å². The van der Waals surface area contributed by atoms with Crippen molar-refractivity contribution in [1.29, 1.82) is 0 Å². The van der Waals surface area contributed by atoms with Gasteiger partial charge in [0, 0.05) is 25.5 Å². The van der Waals surface area contributed by atoms with Crippen LogP contribution in [0.25, 0.3) is 0 Å². The van der Waals surface area contributed by atoms with Crippen LogP contribution in [0.5, 0.6) is 0 Å². The summed E-state index contributed by atoms with van der Waals surface area (Å²) in [5, 5.41) is 4.29. The highest BCUT2D eigenvalue weighted by atomic mass is 16.2. The number of aromatic nitrogens is 3. The molecule has 22 heavy (non-hydrogen) atoms. The van der Waals surface area contributed by atoms with Crippen molar-refractivity contribution >= 4 is 5.91 Å². The summed E-state index contributed by atoms with van der Waals surface area (Å²) in [6.07, 6.45) is 5.51. The molecule has 2 heterocycles. The zero-order valence-corrected chi connectivity index (χ0v) is 13.8. The van der Waals surface area contributed by atoms with Gasteiger partial charge in [-0.15, -0.1) is 0 Å². The summed E-state index contributed by atoms with van der Waals surface area (Å²) in [7, 11) is 1.80. The zero-order chi connectivity index (χ0) is 16.1. The van der Waals surface area contributed by atoms with Gasteiger partial charge in [-0.1, -0.05) is 19.9 Å². The molecule has 2 aromatic heterocycles. The second-order valence-corrected chi connectivity index (χ2v) is 5.54. The van der Waals surface area contributed by atoms with Gasteiger partial charge in [-0.05, 0) is 31.4 Å². The first kappa shape index (κ1) is 16.2. The number of aryl methyl sites for hydroxylation is 2. The molecule has 0 saturated carbocycles. The summed E-state index contributed by atoms with van der Waals surface area (Å²) in [6.45, 7) is 7.48. The normalized spacial score (nSPS) is 10.7. The number of hydrogen-bond acceptors (Lipinski definition) is 3. The van der Waals surface area contributed by atoms with Crippen molar-refractivity contribution in [3.8, 4) is 0 Å². The lowest BCUT2D eigenvalue weighted by molar-refractivity contribution is 0.0782. The van der Waals surface area contributed by atoms with Gasteiger partial charge < -0.3 is 4.90 Å². The molecule has 0 spiro atoms. The van der Waals surface area contributed by atoms with Crippen molar-refractivity contribution in [2.24, 2.45) is 0 Å². The Labute approximate surface area is 132 Å². The minimum atomic E-state index is -0.0128. The molecule has 0 N–H and O–H groups in total. The van der Waals surface area contributed by atoms with Gasteiger partial charge in [0.25, 0.3) is 5.91 Å². The Bertz CT molecular complexity index is 631. The van der Waals surface area contributed by atoms with Crippen molar-refractivity contribution in [2.45, 2.75) is 46.7 Å². The lowest BCUT2D eigenvalue weighted by Gasteiger charge is -2.16. The van der Waals surface area contributed by atoms with Crippen LogP contribution in [0.15, 0.2) is 24.5 Å². The Morgan fingerprint density at radius 1 is 1.27 bits per heavy atom. The van der Waals surface area contributed by atoms with Gasteiger partial charge in [-0.3, -0.25) is 14.5 Å². The smallest absolute Gasteiger partial charge is 0.257 e. The van der Waals surface area contributed by atoms with E-state index < -0.39 is 0 Å². The minimum Gasteiger partial charge on any atom is -0.336 e. The van der Waals surface area contributed by atoms with Crippen LogP contribution in [0.4, 0.5) is 0 Å². The Kier molecular flexibility index (Phi) is 5.31. The average molecular weight is 300 g/mol. The predicted octanol–water partition coefficient (Wildman–Crippen LogP) is 2.83. The molecule has 0 atom stereocenters. The molecule has 118 valence electrons. The lowest BCUT2D eigenvalue weighted by Crippen LogP contribution is -2.27. The van der Waals surface area contributed by atoms with Crippen LogP contribution in [-0.2, 0) is 19.5 Å². The lowest BCUT2D eigenvalue weighted by atomic mass is 10.2. The number of rotatable bonds is 6. The first-order valence-electron chi connectivity index (χ1n) is 7.78. The third kappa shape index (κ3) is 3.53. The molecule has 2 aromatic rings. The van der Waals surface area contributed by atoms with Crippen molar-refractivity contribution < 1.29 is 4.79 Å². The van der Waals surface area contributed by atoms with E-state index in [2.05, 4.69) is 30.0 Å². The van der Waals surface area contributed by atoms with E-state index in [0.29, 0.717) is 12.1 Å². The van der Waals surface area contributed by atoms with Crippen LogP contribution in [0.3, 0.4) is 0 Å². The van der Waals surface area contributed by atoms with Crippen LogP contribution in [-0.4, -0.2) is 32.6 Å². The molecule has 0 radical (unpaired) electrons. The van der Waals surface area contributed by atoms with Crippen LogP contribution >= 0.6 is 0 Å². The van der Waals surface area contributed by atoms with E-state index >= 15 is 0 Å². The molecule has 1 amide bonds. The third-order valence-electron chi connectivity index (χ3n) is 3.81. The quantitative estimate of drug-likeness (QED) is 0.824. The Balaban J connectivity index is 2.08. The van der Waals surface area contributed by atoms with Crippen LogP contribution in [0.2, 0.25) is 0 Å². The van der Waals surface area contributed by atoms with E-state index in [-0.39, 0.29) is 5.91 Å². The summed E-state index contributed by atoms with van der Waals surface area (Å²) >= 11 is 0. The molecule has 0 unspecified atom stereocenters. The van der Waals surface area contributed by atoms with E-state index in [1.807, 2.05) is 23.9 Å². The largest absolute Gasteiger partial charge is 0.336 e. The first-order valence-corrected chi connectivity index (χ1v) is 7.78. The summed E-state index contributed by atoms with van der Waals surface area (Å²) in [5.74, 6) is -0.0128. The number of hydrogen-bond donors (Lipinski definition) is 0. The van der Waals surface area contributed by atoms with E-state index in [9.17, 15) is 4.79 Å². The highest BCUT2D eigenvalue weighted by molar-refractivity contribution is 5.94. The van der Waals surface area contributed by atoms with Crippen LogP contribution in [0.1, 0.15) is 47.6 Å². The fraction of sp³-hybridized carbons (Fsp3) is 0.471. The maximum Gasteiger partial charge on any atom is 0.257 e. The van der Waals surface area contributed by atoms with E-state index in [4.69, 9.17) is 0 Å². The Morgan fingerprint density at radius 3 is 2.64 bits per heavy atom. The standard InChI is InChI=1S/C17H24N4O/c1-5-9-21-13(3)16(11-19-21)17(22)20(4)12-15-8-7-14(6-2)10-18-15/h7-8,10-11H,5-6,9,12H2,1-4H3. The number of pyridine rings is 1. The summed E-state index contributed by atoms with van der Waals surface area (Å²) in [4.78, 5) is 18.7. The monoisotopic (exact) mass is 300 g/mol. The van der Waals surface area contributed by atoms with Crippen molar-refractivity contribution in [3.05, 3.63) is 47.0 Å². The topological polar surface area (TPSA) is 51.0 Å². The molecule has 5 nitrogen and oxygen atoms in total. The molecule has 5 heteroatoms. The summed E-state index contributed by atoms with van der Waals surface area (Å²) in [6, 6.07) is 4.04. The second kappa shape index (κ2) is 7.20. The average Bonchev–Trinajstić information content (AvgIpc) is 2.89.